The van der Waals surface area contributed by atoms with Crippen molar-refractivity contribution in [3.63, 3.8) is 0 Å². The van der Waals surface area contributed by atoms with Gasteiger partial charge in [-0.3, -0.25) is 10.1 Å². The van der Waals surface area contributed by atoms with E-state index in [-0.39, 0.29) is 17.3 Å². The summed E-state index contributed by atoms with van der Waals surface area (Å²) in [5.41, 5.74) is -0.188. The topological polar surface area (TPSA) is 101 Å². The predicted octanol–water partition coefficient (Wildman–Crippen LogP) is 2.43. The number of nitro benzene ring substituents is 1. The van der Waals surface area contributed by atoms with E-state index in [0.717, 1.165) is 0 Å². The predicted molar refractivity (Wildman–Crippen MR) is 67.7 cm³/mol. The van der Waals surface area contributed by atoms with E-state index >= 15 is 0 Å². The van der Waals surface area contributed by atoms with Crippen LogP contribution >= 0.6 is 0 Å². The zero-order valence-corrected chi connectivity index (χ0v) is 11.2. The van der Waals surface area contributed by atoms with Gasteiger partial charge in [0.25, 0.3) is 5.89 Å². The SMILES string of the molecule is COc1ccc(OC(C)c2nc(C)no2)c([N+](=O)[O-])c1. The number of hydrogen-bond donors (Lipinski definition) is 0. The number of aromatic nitrogens is 2. The van der Waals surface area contributed by atoms with E-state index in [1.54, 1.807) is 19.9 Å². The molecule has 1 aromatic carbocycles. The Labute approximate surface area is 114 Å². The van der Waals surface area contributed by atoms with Gasteiger partial charge in [-0.15, -0.1) is 0 Å². The van der Waals surface area contributed by atoms with Crippen molar-refractivity contribution in [2.45, 2.75) is 20.0 Å². The molecule has 1 unspecified atom stereocenters. The van der Waals surface area contributed by atoms with Gasteiger partial charge in [0, 0.05) is 0 Å². The second-order valence-electron chi connectivity index (χ2n) is 4.03. The summed E-state index contributed by atoms with van der Waals surface area (Å²) in [6, 6.07) is 4.34. The summed E-state index contributed by atoms with van der Waals surface area (Å²) >= 11 is 0. The minimum absolute atomic E-state index is 0.110. The Hall–Kier alpha value is -2.64. The molecule has 8 heteroatoms. The first-order chi connectivity index (χ1) is 9.51. The lowest BCUT2D eigenvalue weighted by molar-refractivity contribution is -0.386. The Morgan fingerprint density at radius 2 is 2.20 bits per heavy atom. The minimum atomic E-state index is -0.594. The van der Waals surface area contributed by atoms with E-state index in [2.05, 4.69) is 10.1 Å². The number of aryl methyl sites for hydroxylation is 1. The molecule has 20 heavy (non-hydrogen) atoms. The fraction of sp³-hybridized carbons (Fsp3) is 0.333. The van der Waals surface area contributed by atoms with Crippen molar-refractivity contribution < 1.29 is 18.9 Å². The maximum atomic E-state index is 11.0. The van der Waals surface area contributed by atoms with Crippen molar-refractivity contribution in [2.24, 2.45) is 0 Å². The quantitative estimate of drug-likeness (QED) is 0.611. The van der Waals surface area contributed by atoms with Crippen LogP contribution in [0, 0.1) is 17.0 Å². The van der Waals surface area contributed by atoms with Gasteiger partial charge in [-0.05, 0) is 26.0 Å². The number of methoxy groups -OCH3 is 1. The summed E-state index contributed by atoms with van der Waals surface area (Å²) in [5.74, 6) is 1.22. The van der Waals surface area contributed by atoms with E-state index in [1.165, 1.54) is 19.2 Å². The summed E-state index contributed by atoms with van der Waals surface area (Å²) in [6.45, 7) is 3.34. The normalized spacial score (nSPS) is 11.9. The summed E-state index contributed by atoms with van der Waals surface area (Å²) in [5, 5.41) is 14.7. The highest BCUT2D eigenvalue weighted by atomic mass is 16.6. The smallest absolute Gasteiger partial charge is 0.314 e. The Bertz CT molecular complexity index is 625. The highest BCUT2D eigenvalue weighted by Gasteiger charge is 2.21. The van der Waals surface area contributed by atoms with Gasteiger partial charge in [0.15, 0.2) is 17.7 Å². The van der Waals surface area contributed by atoms with Crippen LogP contribution in [0.4, 0.5) is 5.69 Å². The van der Waals surface area contributed by atoms with Gasteiger partial charge >= 0.3 is 5.69 Å². The highest BCUT2D eigenvalue weighted by Crippen LogP contribution is 2.33. The molecule has 2 rings (SSSR count). The number of hydrogen-bond acceptors (Lipinski definition) is 7. The molecule has 0 saturated heterocycles. The molecule has 0 fully saturated rings. The molecular weight excluding hydrogens is 266 g/mol. The average Bonchev–Trinajstić information content (AvgIpc) is 2.85. The molecule has 106 valence electrons. The largest absolute Gasteiger partial charge is 0.496 e. The Morgan fingerprint density at radius 1 is 1.45 bits per heavy atom. The van der Waals surface area contributed by atoms with E-state index in [4.69, 9.17) is 14.0 Å². The van der Waals surface area contributed by atoms with Crippen molar-refractivity contribution in [1.82, 2.24) is 10.1 Å². The van der Waals surface area contributed by atoms with Gasteiger partial charge in [0.05, 0.1) is 18.1 Å². The molecule has 1 aromatic heterocycles. The van der Waals surface area contributed by atoms with Gasteiger partial charge in [0.2, 0.25) is 0 Å². The van der Waals surface area contributed by atoms with E-state index < -0.39 is 11.0 Å². The van der Waals surface area contributed by atoms with E-state index in [1.807, 2.05) is 0 Å². The Morgan fingerprint density at radius 3 is 2.75 bits per heavy atom. The lowest BCUT2D eigenvalue weighted by Gasteiger charge is -2.11. The standard InChI is InChI=1S/C12H13N3O5/c1-7(12-13-8(2)14-20-12)19-11-5-4-9(18-3)6-10(11)15(16)17/h4-7H,1-3H3. The van der Waals surface area contributed by atoms with Crippen LogP contribution < -0.4 is 9.47 Å². The third-order valence-corrected chi connectivity index (χ3v) is 2.56. The second-order valence-corrected chi connectivity index (χ2v) is 4.03. The summed E-state index contributed by atoms with van der Waals surface area (Å²) in [4.78, 5) is 14.5. The van der Waals surface area contributed by atoms with E-state index in [9.17, 15) is 10.1 Å². The maximum absolute atomic E-state index is 11.0. The number of ether oxygens (including phenoxy) is 2. The van der Waals surface area contributed by atoms with Gasteiger partial charge in [-0.25, -0.2) is 0 Å². The molecule has 0 N–H and O–H groups in total. The Balaban J connectivity index is 2.26. The first-order valence-electron chi connectivity index (χ1n) is 5.80. The maximum Gasteiger partial charge on any atom is 0.314 e. The molecule has 1 heterocycles. The van der Waals surface area contributed by atoms with Crippen molar-refractivity contribution in [3.8, 4) is 11.5 Å². The first kappa shape index (κ1) is 13.8. The zero-order valence-electron chi connectivity index (χ0n) is 11.2. The molecular formula is C12H13N3O5. The van der Waals surface area contributed by atoms with Crippen molar-refractivity contribution in [1.29, 1.82) is 0 Å². The highest BCUT2D eigenvalue weighted by molar-refractivity contribution is 5.51. The van der Waals surface area contributed by atoms with Crippen LogP contribution in [0.25, 0.3) is 0 Å². The molecule has 0 aliphatic carbocycles. The summed E-state index contributed by atoms with van der Waals surface area (Å²) < 4.78 is 15.4. The number of rotatable bonds is 5. The molecule has 0 aliphatic rings. The van der Waals surface area contributed by atoms with Gasteiger partial charge in [0.1, 0.15) is 5.75 Å². The lowest BCUT2D eigenvalue weighted by atomic mass is 10.2. The molecule has 0 bridgehead atoms. The summed E-state index contributed by atoms with van der Waals surface area (Å²) in [7, 11) is 1.43. The van der Waals surface area contributed by atoms with Crippen LogP contribution in [-0.4, -0.2) is 22.2 Å². The molecule has 0 spiro atoms. The van der Waals surface area contributed by atoms with Crippen molar-refractivity contribution >= 4 is 5.69 Å². The van der Waals surface area contributed by atoms with Crippen LogP contribution in [0.15, 0.2) is 22.7 Å². The van der Waals surface area contributed by atoms with Crippen LogP contribution in [0.5, 0.6) is 11.5 Å². The first-order valence-corrected chi connectivity index (χ1v) is 5.80. The van der Waals surface area contributed by atoms with Crippen LogP contribution in [0.1, 0.15) is 24.7 Å². The molecule has 8 nitrogen and oxygen atoms in total. The van der Waals surface area contributed by atoms with Crippen molar-refractivity contribution in [3.05, 3.63) is 40.0 Å². The number of benzene rings is 1. The molecule has 0 amide bonds. The minimum Gasteiger partial charge on any atom is -0.496 e. The monoisotopic (exact) mass is 279 g/mol. The zero-order chi connectivity index (χ0) is 14.7. The van der Waals surface area contributed by atoms with Crippen molar-refractivity contribution in [2.75, 3.05) is 7.11 Å². The molecule has 1 atom stereocenters. The third-order valence-electron chi connectivity index (χ3n) is 2.56. The fourth-order valence-electron chi connectivity index (χ4n) is 1.59. The van der Waals surface area contributed by atoms with Gasteiger partial charge in [-0.1, -0.05) is 5.16 Å². The van der Waals surface area contributed by atoms with Gasteiger partial charge < -0.3 is 14.0 Å². The van der Waals surface area contributed by atoms with Gasteiger partial charge in [-0.2, -0.15) is 4.98 Å². The molecule has 0 radical (unpaired) electrons. The van der Waals surface area contributed by atoms with E-state index in [0.29, 0.717) is 11.6 Å². The van der Waals surface area contributed by atoms with Crippen LogP contribution in [0.3, 0.4) is 0 Å². The fourth-order valence-corrected chi connectivity index (χ4v) is 1.59. The number of nitro groups is 1. The number of nitrogens with zero attached hydrogens (tertiary/aromatic N) is 3. The molecule has 2 aromatic rings. The molecule has 0 aliphatic heterocycles. The average molecular weight is 279 g/mol. The third kappa shape index (κ3) is 2.85. The Kier molecular flexibility index (Phi) is 3.83. The summed E-state index contributed by atoms with van der Waals surface area (Å²) in [6.07, 6.45) is -0.594. The lowest BCUT2D eigenvalue weighted by Crippen LogP contribution is -2.05. The molecule has 0 saturated carbocycles. The van der Waals surface area contributed by atoms with Crippen LogP contribution in [0.2, 0.25) is 0 Å². The second kappa shape index (κ2) is 5.55. The van der Waals surface area contributed by atoms with Crippen LogP contribution in [-0.2, 0) is 0 Å².